The molecule has 0 aromatic heterocycles. The monoisotopic (exact) mass is 235 g/mol. The first kappa shape index (κ1) is 14.0. The van der Waals surface area contributed by atoms with E-state index in [-0.39, 0.29) is 5.41 Å². The van der Waals surface area contributed by atoms with Gasteiger partial charge in [-0.05, 0) is 50.3 Å². The number of nitrogens with two attached hydrogens (primary N) is 1. The zero-order valence-corrected chi connectivity index (χ0v) is 11.8. The summed E-state index contributed by atoms with van der Waals surface area (Å²) >= 11 is 0. The fourth-order valence-electron chi connectivity index (χ4n) is 1.93. The first-order valence-corrected chi connectivity index (χ1v) is 6.26. The van der Waals surface area contributed by atoms with Crippen molar-refractivity contribution in [3.05, 3.63) is 28.8 Å². The topological polar surface area (TPSA) is 35.2 Å². The van der Waals surface area contributed by atoms with Crippen molar-refractivity contribution in [1.29, 1.82) is 0 Å². The number of ether oxygens (including phenoxy) is 1. The summed E-state index contributed by atoms with van der Waals surface area (Å²) in [5.74, 6) is 1.03. The highest BCUT2D eigenvalue weighted by molar-refractivity contribution is 5.42. The Kier molecular flexibility index (Phi) is 4.58. The number of aryl methyl sites for hydroxylation is 3. The lowest BCUT2D eigenvalue weighted by molar-refractivity contribution is 0.231. The maximum absolute atomic E-state index is 5.90. The number of hydrogen-bond donors (Lipinski definition) is 1. The van der Waals surface area contributed by atoms with Crippen LogP contribution in [-0.2, 0) is 0 Å². The SMILES string of the molecule is Cc1cc(C)c(OCCC(C)(C)CN)c(C)c1. The molecule has 0 saturated carbocycles. The third kappa shape index (κ3) is 4.04. The van der Waals surface area contributed by atoms with E-state index in [2.05, 4.69) is 46.8 Å². The largest absolute Gasteiger partial charge is 0.493 e. The van der Waals surface area contributed by atoms with Gasteiger partial charge in [0, 0.05) is 0 Å². The second kappa shape index (κ2) is 5.54. The molecule has 0 aliphatic carbocycles. The van der Waals surface area contributed by atoms with E-state index >= 15 is 0 Å². The van der Waals surface area contributed by atoms with Crippen LogP contribution in [-0.4, -0.2) is 13.2 Å². The molecule has 17 heavy (non-hydrogen) atoms. The second-order valence-corrected chi connectivity index (χ2v) is 5.69. The summed E-state index contributed by atoms with van der Waals surface area (Å²) in [6.07, 6.45) is 0.982. The molecule has 2 N–H and O–H groups in total. The normalized spacial score (nSPS) is 11.6. The molecule has 0 aliphatic heterocycles. The standard InChI is InChI=1S/C15H25NO/c1-11-8-12(2)14(13(3)9-11)17-7-6-15(4,5)10-16/h8-9H,6-7,10,16H2,1-5H3. The van der Waals surface area contributed by atoms with E-state index in [1.54, 1.807) is 0 Å². The van der Waals surface area contributed by atoms with E-state index < -0.39 is 0 Å². The van der Waals surface area contributed by atoms with E-state index in [1.165, 1.54) is 16.7 Å². The van der Waals surface area contributed by atoms with Gasteiger partial charge in [-0.15, -0.1) is 0 Å². The lowest BCUT2D eigenvalue weighted by atomic mass is 9.90. The van der Waals surface area contributed by atoms with Crippen LogP contribution in [0.4, 0.5) is 0 Å². The molecule has 0 spiro atoms. The maximum atomic E-state index is 5.90. The molecule has 96 valence electrons. The van der Waals surface area contributed by atoms with E-state index in [9.17, 15) is 0 Å². The molecule has 2 heteroatoms. The summed E-state index contributed by atoms with van der Waals surface area (Å²) in [6, 6.07) is 4.33. The first-order valence-electron chi connectivity index (χ1n) is 6.26. The molecule has 2 nitrogen and oxygen atoms in total. The Morgan fingerprint density at radius 3 is 2.12 bits per heavy atom. The Labute approximate surface area is 105 Å². The van der Waals surface area contributed by atoms with Gasteiger partial charge in [-0.3, -0.25) is 0 Å². The Morgan fingerprint density at radius 2 is 1.65 bits per heavy atom. The third-order valence-corrected chi connectivity index (χ3v) is 3.18. The Balaban J connectivity index is 2.64. The zero-order valence-electron chi connectivity index (χ0n) is 11.8. The van der Waals surface area contributed by atoms with Crippen LogP contribution in [0.3, 0.4) is 0 Å². The fourth-order valence-corrected chi connectivity index (χ4v) is 1.93. The van der Waals surface area contributed by atoms with Gasteiger partial charge in [-0.2, -0.15) is 0 Å². The van der Waals surface area contributed by atoms with Crippen molar-refractivity contribution in [2.75, 3.05) is 13.2 Å². The average molecular weight is 235 g/mol. The first-order chi connectivity index (χ1) is 7.85. The maximum Gasteiger partial charge on any atom is 0.125 e. The minimum absolute atomic E-state index is 0.159. The number of benzene rings is 1. The fraction of sp³-hybridized carbons (Fsp3) is 0.600. The molecule has 0 radical (unpaired) electrons. The van der Waals surface area contributed by atoms with Gasteiger partial charge in [0.05, 0.1) is 6.61 Å². The van der Waals surface area contributed by atoms with Crippen molar-refractivity contribution < 1.29 is 4.74 Å². The highest BCUT2D eigenvalue weighted by Gasteiger charge is 2.15. The summed E-state index contributed by atoms with van der Waals surface area (Å²) in [7, 11) is 0. The highest BCUT2D eigenvalue weighted by atomic mass is 16.5. The van der Waals surface area contributed by atoms with Crippen LogP contribution in [0.1, 0.15) is 37.0 Å². The molecule has 0 heterocycles. The summed E-state index contributed by atoms with van der Waals surface area (Å²) in [4.78, 5) is 0. The third-order valence-electron chi connectivity index (χ3n) is 3.18. The van der Waals surface area contributed by atoms with E-state index in [4.69, 9.17) is 10.5 Å². The van der Waals surface area contributed by atoms with Crippen molar-refractivity contribution in [2.24, 2.45) is 11.1 Å². The van der Waals surface area contributed by atoms with Crippen molar-refractivity contribution in [3.8, 4) is 5.75 Å². The van der Waals surface area contributed by atoms with Crippen LogP contribution in [0.5, 0.6) is 5.75 Å². The summed E-state index contributed by atoms with van der Waals surface area (Å²) in [5, 5.41) is 0. The van der Waals surface area contributed by atoms with Crippen LogP contribution in [0, 0.1) is 26.2 Å². The molecule has 0 saturated heterocycles. The molecule has 0 unspecified atom stereocenters. The molecule has 0 amide bonds. The molecule has 0 aliphatic rings. The smallest absolute Gasteiger partial charge is 0.125 e. The molecule has 1 aromatic rings. The van der Waals surface area contributed by atoms with E-state index in [0.717, 1.165) is 18.8 Å². The summed E-state index contributed by atoms with van der Waals surface area (Å²) in [5.41, 5.74) is 9.59. The van der Waals surface area contributed by atoms with Gasteiger partial charge in [0.15, 0.2) is 0 Å². The van der Waals surface area contributed by atoms with Crippen molar-refractivity contribution >= 4 is 0 Å². The van der Waals surface area contributed by atoms with Crippen LogP contribution in [0.25, 0.3) is 0 Å². The molecule has 0 fully saturated rings. The number of hydrogen-bond acceptors (Lipinski definition) is 2. The minimum Gasteiger partial charge on any atom is -0.493 e. The van der Waals surface area contributed by atoms with Gasteiger partial charge in [0.1, 0.15) is 5.75 Å². The highest BCUT2D eigenvalue weighted by Crippen LogP contribution is 2.26. The molecule has 1 aromatic carbocycles. The van der Waals surface area contributed by atoms with Crippen LogP contribution < -0.4 is 10.5 Å². The van der Waals surface area contributed by atoms with Crippen molar-refractivity contribution in [3.63, 3.8) is 0 Å². The van der Waals surface area contributed by atoms with Crippen LogP contribution in [0.2, 0.25) is 0 Å². The van der Waals surface area contributed by atoms with Gasteiger partial charge >= 0.3 is 0 Å². The predicted molar refractivity (Wildman–Crippen MR) is 73.6 cm³/mol. The van der Waals surface area contributed by atoms with Gasteiger partial charge in [0.2, 0.25) is 0 Å². The zero-order chi connectivity index (χ0) is 13.1. The quantitative estimate of drug-likeness (QED) is 0.849. The van der Waals surface area contributed by atoms with Crippen molar-refractivity contribution in [1.82, 2.24) is 0 Å². The lowest BCUT2D eigenvalue weighted by Gasteiger charge is -2.23. The van der Waals surface area contributed by atoms with Crippen LogP contribution >= 0.6 is 0 Å². The molecular weight excluding hydrogens is 210 g/mol. The van der Waals surface area contributed by atoms with E-state index in [1.807, 2.05) is 0 Å². The Morgan fingerprint density at radius 1 is 1.12 bits per heavy atom. The lowest BCUT2D eigenvalue weighted by Crippen LogP contribution is -2.25. The molecule has 1 rings (SSSR count). The van der Waals surface area contributed by atoms with Gasteiger partial charge in [0.25, 0.3) is 0 Å². The van der Waals surface area contributed by atoms with Gasteiger partial charge < -0.3 is 10.5 Å². The van der Waals surface area contributed by atoms with Gasteiger partial charge in [-0.25, -0.2) is 0 Å². The predicted octanol–water partition coefficient (Wildman–Crippen LogP) is 3.37. The summed E-state index contributed by atoms with van der Waals surface area (Å²) in [6.45, 7) is 12.1. The van der Waals surface area contributed by atoms with Crippen molar-refractivity contribution in [2.45, 2.75) is 41.0 Å². The molecular formula is C15H25NO. The molecule has 0 bridgehead atoms. The minimum atomic E-state index is 0.159. The number of rotatable bonds is 5. The Hall–Kier alpha value is -1.02. The van der Waals surface area contributed by atoms with Crippen LogP contribution in [0.15, 0.2) is 12.1 Å². The summed E-state index contributed by atoms with van der Waals surface area (Å²) < 4.78 is 5.90. The average Bonchev–Trinajstić information content (AvgIpc) is 2.22. The Bertz CT molecular complexity index is 360. The van der Waals surface area contributed by atoms with E-state index in [0.29, 0.717) is 6.54 Å². The molecule has 0 atom stereocenters. The second-order valence-electron chi connectivity index (χ2n) is 5.69. The van der Waals surface area contributed by atoms with Gasteiger partial charge in [-0.1, -0.05) is 31.5 Å².